The summed E-state index contributed by atoms with van der Waals surface area (Å²) in [5.74, 6) is 1.17. The first-order chi connectivity index (χ1) is 12.4. The molecular weight excluding hydrogens is 354 g/mol. The van der Waals surface area contributed by atoms with E-state index < -0.39 is 0 Å². The lowest BCUT2D eigenvalue weighted by Gasteiger charge is -2.05. The van der Waals surface area contributed by atoms with Crippen LogP contribution in [0.1, 0.15) is 33.3 Å². The van der Waals surface area contributed by atoms with Gasteiger partial charge in [0, 0.05) is 29.9 Å². The monoisotopic (exact) mass is 373 g/mol. The first-order valence-electron chi connectivity index (χ1n) is 8.18. The van der Waals surface area contributed by atoms with Crippen LogP contribution in [0.15, 0.2) is 40.8 Å². The number of carbonyl (C=O) groups excluding carboxylic acids is 1. The summed E-state index contributed by atoms with van der Waals surface area (Å²) < 4.78 is 13.0. The zero-order chi connectivity index (χ0) is 18.7. The lowest BCUT2D eigenvalue weighted by atomic mass is 10.2. The van der Waals surface area contributed by atoms with Crippen LogP contribution in [0.3, 0.4) is 0 Å². The molecule has 0 saturated heterocycles. The van der Waals surface area contributed by atoms with E-state index in [1.165, 1.54) is 0 Å². The van der Waals surface area contributed by atoms with Crippen molar-refractivity contribution in [3.63, 3.8) is 0 Å². The minimum Gasteiger partial charge on any atom is -0.486 e. The fourth-order valence-electron chi connectivity index (χ4n) is 2.62. The highest BCUT2D eigenvalue weighted by Crippen LogP contribution is 2.19. The number of aryl methyl sites for hydroxylation is 2. The molecule has 0 aliphatic heterocycles. The number of amides is 1. The average molecular weight is 374 g/mol. The Hall–Kier alpha value is -2.73. The highest BCUT2D eigenvalue weighted by Gasteiger charge is 2.14. The third-order valence-electron chi connectivity index (χ3n) is 4.15. The second-order valence-electron chi connectivity index (χ2n) is 5.97. The number of nitrogens with one attached hydrogen (secondary N) is 1. The predicted octanol–water partition coefficient (Wildman–Crippen LogP) is 3.79. The first kappa shape index (κ1) is 18.1. The van der Waals surface area contributed by atoms with E-state index in [0.29, 0.717) is 23.1 Å². The lowest BCUT2D eigenvalue weighted by molar-refractivity contribution is 0.0919. The summed E-state index contributed by atoms with van der Waals surface area (Å²) >= 11 is 5.92. The largest absolute Gasteiger partial charge is 0.486 e. The molecule has 0 aliphatic carbocycles. The van der Waals surface area contributed by atoms with Gasteiger partial charge in [0.15, 0.2) is 5.76 Å². The number of carbonyl (C=O) groups is 1. The SMILES string of the molecule is Cc1nn(C)c(C)c1CNC(=O)c1ccc(COc2cccc(Cl)c2)o1. The van der Waals surface area contributed by atoms with Gasteiger partial charge in [-0.3, -0.25) is 9.48 Å². The van der Waals surface area contributed by atoms with Crippen molar-refractivity contribution in [1.29, 1.82) is 0 Å². The Bertz CT molecular complexity index is 930. The molecular formula is C19H20ClN3O3. The van der Waals surface area contributed by atoms with Crippen LogP contribution in [0.4, 0.5) is 0 Å². The molecule has 6 nitrogen and oxygen atoms in total. The summed E-state index contributed by atoms with van der Waals surface area (Å²) in [6.07, 6.45) is 0. The maximum Gasteiger partial charge on any atom is 0.287 e. The Morgan fingerprint density at radius 1 is 1.31 bits per heavy atom. The van der Waals surface area contributed by atoms with Gasteiger partial charge in [-0.15, -0.1) is 0 Å². The van der Waals surface area contributed by atoms with Gasteiger partial charge in [0.05, 0.1) is 5.69 Å². The van der Waals surface area contributed by atoms with Crippen molar-refractivity contribution in [1.82, 2.24) is 15.1 Å². The quantitative estimate of drug-likeness (QED) is 0.713. The van der Waals surface area contributed by atoms with Gasteiger partial charge < -0.3 is 14.5 Å². The minimum atomic E-state index is -0.276. The number of ether oxygens (including phenoxy) is 1. The van der Waals surface area contributed by atoms with Crippen LogP contribution >= 0.6 is 11.6 Å². The molecule has 136 valence electrons. The van der Waals surface area contributed by atoms with Gasteiger partial charge in [-0.1, -0.05) is 17.7 Å². The van der Waals surface area contributed by atoms with Gasteiger partial charge in [-0.2, -0.15) is 5.10 Å². The molecule has 7 heteroatoms. The molecule has 0 atom stereocenters. The van der Waals surface area contributed by atoms with Crippen LogP contribution in [-0.2, 0) is 20.2 Å². The molecule has 0 aliphatic rings. The van der Waals surface area contributed by atoms with Crippen LogP contribution in [0.2, 0.25) is 5.02 Å². The molecule has 0 spiro atoms. The normalized spacial score (nSPS) is 10.8. The number of nitrogens with zero attached hydrogens (tertiary/aromatic N) is 2. The van der Waals surface area contributed by atoms with E-state index in [1.807, 2.05) is 20.9 Å². The van der Waals surface area contributed by atoms with Gasteiger partial charge in [-0.25, -0.2) is 0 Å². The van der Waals surface area contributed by atoms with E-state index >= 15 is 0 Å². The Labute approximate surface area is 156 Å². The zero-order valence-electron chi connectivity index (χ0n) is 14.9. The molecule has 3 rings (SSSR count). The lowest BCUT2D eigenvalue weighted by Crippen LogP contribution is -2.23. The number of benzene rings is 1. The van der Waals surface area contributed by atoms with Crippen molar-refractivity contribution in [2.24, 2.45) is 7.05 Å². The summed E-state index contributed by atoms with van der Waals surface area (Å²) in [7, 11) is 1.88. The van der Waals surface area contributed by atoms with Crippen molar-refractivity contribution in [3.05, 3.63) is 69.9 Å². The Morgan fingerprint density at radius 2 is 2.12 bits per heavy atom. The molecule has 1 aromatic carbocycles. The molecule has 2 aromatic heterocycles. The van der Waals surface area contributed by atoms with Gasteiger partial charge in [0.1, 0.15) is 18.1 Å². The number of halogens is 1. The van der Waals surface area contributed by atoms with Gasteiger partial charge in [-0.05, 0) is 44.2 Å². The third kappa shape index (κ3) is 4.08. The average Bonchev–Trinajstić information content (AvgIpc) is 3.17. The van der Waals surface area contributed by atoms with Gasteiger partial charge in [0.2, 0.25) is 0 Å². The summed E-state index contributed by atoms with van der Waals surface area (Å²) in [6.45, 7) is 4.51. The summed E-state index contributed by atoms with van der Waals surface area (Å²) in [4.78, 5) is 12.3. The minimum absolute atomic E-state index is 0.217. The van der Waals surface area contributed by atoms with E-state index in [-0.39, 0.29) is 18.3 Å². The van der Waals surface area contributed by atoms with Crippen LogP contribution < -0.4 is 10.1 Å². The first-order valence-corrected chi connectivity index (χ1v) is 8.56. The molecule has 1 N–H and O–H groups in total. The smallest absolute Gasteiger partial charge is 0.287 e. The number of aromatic nitrogens is 2. The molecule has 3 aromatic rings. The van der Waals surface area contributed by atoms with E-state index in [0.717, 1.165) is 17.0 Å². The Balaban J connectivity index is 1.57. The van der Waals surface area contributed by atoms with Crippen molar-refractivity contribution < 1.29 is 13.9 Å². The number of furan rings is 1. The van der Waals surface area contributed by atoms with E-state index in [1.54, 1.807) is 41.1 Å². The van der Waals surface area contributed by atoms with Crippen LogP contribution in [0.25, 0.3) is 0 Å². The van der Waals surface area contributed by atoms with E-state index in [9.17, 15) is 4.79 Å². The number of rotatable bonds is 6. The molecule has 2 heterocycles. The van der Waals surface area contributed by atoms with Crippen molar-refractivity contribution in [2.75, 3.05) is 0 Å². The van der Waals surface area contributed by atoms with Crippen LogP contribution in [0.5, 0.6) is 5.75 Å². The summed E-state index contributed by atoms with van der Waals surface area (Å²) in [5.41, 5.74) is 2.94. The third-order valence-corrected chi connectivity index (χ3v) is 4.38. The van der Waals surface area contributed by atoms with Gasteiger partial charge in [0.25, 0.3) is 5.91 Å². The summed E-state index contributed by atoms with van der Waals surface area (Å²) in [5, 5.41) is 7.80. The predicted molar refractivity (Wildman–Crippen MR) is 98.3 cm³/mol. The van der Waals surface area contributed by atoms with E-state index in [2.05, 4.69) is 10.4 Å². The number of hydrogen-bond acceptors (Lipinski definition) is 4. The second-order valence-corrected chi connectivity index (χ2v) is 6.40. The molecule has 0 radical (unpaired) electrons. The van der Waals surface area contributed by atoms with E-state index in [4.69, 9.17) is 20.8 Å². The molecule has 26 heavy (non-hydrogen) atoms. The topological polar surface area (TPSA) is 69.3 Å². The van der Waals surface area contributed by atoms with Crippen LogP contribution in [0, 0.1) is 13.8 Å². The molecule has 0 bridgehead atoms. The van der Waals surface area contributed by atoms with Crippen molar-refractivity contribution in [3.8, 4) is 5.75 Å². The molecule has 0 unspecified atom stereocenters. The maximum atomic E-state index is 12.3. The Kier molecular flexibility index (Phi) is 5.32. The summed E-state index contributed by atoms with van der Waals surface area (Å²) in [6, 6.07) is 10.5. The highest BCUT2D eigenvalue weighted by atomic mass is 35.5. The molecule has 0 fully saturated rings. The standard InChI is InChI=1S/C19H20ClN3O3/c1-12-17(13(2)23(3)22-12)10-21-19(24)18-8-7-16(26-18)11-25-15-6-4-5-14(20)9-15/h4-9H,10-11H2,1-3H3,(H,21,24). The fraction of sp³-hybridized carbons (Fsp3) is 0.263. The second kappa shape index (κ2) is 7.66. The zero-order valence-corrected chi connectivity index (χ0v) is 15.6. The fourth-order valence-corrected chi connectivity index (χ4v) is 2.80. The number of hydrogen-bond donors (Lipinski definition) is 1. The van der Waals surface area contributed by atoms with Crippen molar-refractivity contribution >= 4 is 17.5 Å². The van der Waals surface area contributed by atoms with Crippen LogP contribution in [-0.4, -0.2) is 15.7 Å². The maximum absolute atomic E-state index is 12.3. The Morgan fingerprint density at radius 3 is 2.81 bits per heavy atom. The van der Waals surface area contributed by atoms with Crippen molar-refractivity contribution in [2.45, 2.75) is 27.0 Å². The molecule has 0 saturated carbocycles. The molecule has 1 amide bonds. The van der Waals surface area contributed by atoms with Gasteiger partial charge >= 0.3 is 0 Å². The highest BCUT2D eigenvalue weighted by molar-refractivity contribution is 6.30.